The Labute approximate surface area is 213 Å². The Morgan fingerprint density at radius 2 is 1.66 bits per heavy atom. The maximum atomic E-state index is 5.88. The Kier molecular flexibility index (Phi) is 6.31. The SMILES string of the molecule is Cc1cc(C2C(c3ccccn3)NC(=S)N2Cc2ccccc2)c(C)n1-c1ccc(N(C)C)cc1. The van der Waals surface area contributed by atoms with Crippen molar-refractivity contribution in [2.75, 3.05) is 19.0 Å². The van der Waals surface area contributed by atoms with E-state index in [0.29, 0.717) is 0 Å². The molecule has 0 amide bonds. The third kappa shape index (κ3) is 4.42. The summed E-state index contributed by atoms with van der Waals surface area (Å²) in [5.41, 5.74) is 8.26. The fraction of sp³-hybridized carbons (Fsp3) is 0.241. The molecular formula is C29H31N5S. The molecule has 0 aliphatic carbocycles. The van der Waals surface area contributed by atoms with E-state index in [-0.39, 0.29) is 12.1 Å². The summed E-state index contributed by atoms with van der Waals surface area (Å²) < 4.78 is 2.34. The van der Waals surface area contributed by atoms with Crippen LogP contribution in [0.25, 0.3) is 5.69 Å². The van der Waals surface area contributed by atoms with E-state index >= 15 is 0 Å². The predicted molar refractivity (Wildman–Crippen MR) is 147 cm³/mol. The quantitative estimate of drug-likeness (QED) is 0.356. The lowest BCUT2D eigenvalue weighted by molar-refractivity contribution is 0.310. The van der Waals surface area contributed by atoms with Crippen LogP contribution in [0.1, 0.15) is 40.3 Å². The number of pyridine rings is 1. The molecule has 178 valence electrons. The fourth-order valence-corrected chi connectivity index (χ4v) is 5.38. The number of aryl methyl sites for hydroxylation is 1. The van der Waals surface area contributed by atoms with E-state index < -0.39 is 0 Å². The van der Waals surface area contributed by atoms with Gasteiger partial charge in [-0.2, -0.15) is 0 Å². The first-order chi connectivity index (χ1) is 16.9. The van der Waals surface area contributed by atoms with Gasteiger partial charge in [-0.1, -0.05) is 36.4 Å². The minimum absolute atomic E-state index is 0.0265. The van der Waals surface area contributed by atoms with E-state index in [1.54, 1.807) is 0 Å². The molecule has 1 N–H and O–H groups in total. The van der Waals surface area contributed by atoms with Crippen LogP contribution in [0.5, 0.6) is 0 Å². The molecule has 2 unspecified atom stereocenters. The van der Waals surface area contributed by atoms with Crippen molar-refractivity contribution in [2.24, 2.45) is 0 Å². The first kappa shape index (κ1) is 23.1. The van der Waals surface area contributed by atoms with Crippen molar-refractivity contribution in [1.82, 2.24) is 19.8 Å². The van der Waals surface area contributed by atoms with Crippen molar-refractivity contribution >= 4 is 23.0 Å². The highest BCUT2D eigenvalue weighted by Gasteiger charge is 2.41. The maximum absolute atomic E-state index is 5.88. The zero-order valence-electron chi connectivity index (χ0n) is 20.6. The highest BCUT2D eigenvalue weighted by atomic mass is 32.1. The van der Waals surface area contributed by atoms with Gasteiger partial charge in [-0.15, -0.1) is 0 Å². The third-order valence-electron chi connectivity index (χ3n) is 6.81. The summed E-state index contributed by atoms with van der Waals surface area (Å²) in [5, 5.41) is 4.34. The van der Waals surface area contributed by atoms with Crippen LogP contribution in [0.2, 0.25) is 0 Å². The number of thiocarbonyl (C=S) groups is 1. The Balaban J connectivity index is 1.59. The van der Waals surface area contributed by atoms with E-state index in [2.05, 4.69) is 108 Å². The van der Waals surface area contributed by atoms with Crippen LogP contribution in [-0.2, 0) is 6.54 Å². The highest BCUT2D eigenvalue weighted by molar-refractivity contribution is 7.80. The van der Waals surface area contributed by atoms with E-state index in [1.807, 2.05) is 24.4 Å². The van der Waals surface area contributed by atoms with Gasteiger partial charge in [0.15, 0.2) is 5.11 Å². The van der Waals surface area contributed by atoms with Crippen LogP contribution < -0.4 is 10.2 Å². The Bertz CT molecular complexity index is 1310. The third-order valence-corrected chi connectivity index (χ3v) is 7.16. The van der Waals surface area contributed by atoms with Crippen molar-refractivity contribution in [2.45, 2.75) is 32.5 Å². The van der Waals surface area contributed by atoms with Crippen LogP contribution in [0.3, 0.4) is 0 Å². The molecule has 1 aliphatic heterocycles. The molecule has 5 rings (SSSR count). The summed E-state index contributed by atoms with van der Waals surface area (Å²) in [5.74, 6) is 0. The summed E-state index contributed by atoms with van der Waals surface area (Å²) in [6.45, 7) is 5.12. The molecule has 4 aromatic rings. The molecule has 0 saturated carbocycles. The first-order valence-corrected chi connectivity index (χ1v) is 12.3. The van der Waals surface area contributed by atoms with E-state index in [9.17, 15) is 0 Å². The van der Waals surface area contributed by atoms with Gasteiger partial charge in [0, 0.05) is 49.6 Å². The van der Waals surface area contributed by atoms with Gasteiger partial charge in [0.2, 0.25) is 0 Å². The molecular weight excluding hydrogens is 450 g/mol. The largest absolute Gasteiger partial charge is 0.378 e. The monoisotopic (exact) mass is 481 g/mol. The van der Waals surface area contributed by atoms with Crippen molar-refractivity contribution in [3.05, 3.63) is 113 Å². The summed E-state index contributed by atoms with van der Waals surface area (Å²) in [4.78, 5) is 9.13. The molecule has 2 aromatic heterocycles. The van der Waals surface area contributed by atoms with E-state index in [4.69, 9.17) is 17.2 Å². The van der Waals surface area contributed by atoms with Gasteiger partial charge in [-0.05, 0) is 79.7 Å². The number of nitrogens with one attached hydrogen (secondary N) is 1. The Morgan fingerprint density at radius 1 is 0.943 bits per heavy atom. The zero-order valence-corrected chi connectivity index (χ0v) is 21.5. The lowest BCUT2D eigenvalue weighted by Crippen LogP contribution is -2.29. The second-order valence-corrected chi connectivity index (χ2v) is 9.70. The van der Waals surface area contributed by atoms with Crippen LogP contribution in [0.15, 0.2) is 85.1 Å². The lowest BCUT2D eigenvalue weighted by Gasteiger charge is -2.28. The molecule has 0 spiro atoms. The second-order valence-electron chi connectivity index (χ2n) is 9.31. The van der Waals surface area contributed by atoms with Crippen molar-refractivity contribution in [1.29, 1.82) is 0 Å². The normalized spacial score (nSPS) is 17.5. The first-order valence-electron chi connectivity index (χ1n) is 11.9. The molecule has 6 heteroatoms. The lowest BCUT2D eigenvalue weighted by atomic mass is 9.96. The molecule has 1 fully saturated rings. The number of nitrogens with zero attached hydrogens (tertiary/aromatic N) is 4. The number of hydrogen-bond acceptors (Lipinski definition) is 3. The summed E-state index contributed by atoms with van der Waals surface area (Å²) in [6, 6.07) is 27.6. The van der Waals surface area contributed by atoms with Gasteiger partial charge in [0.25, 0.3) is 0 Å². The molecule has 35 heavy (non-hydrogen) atoms. The van der Waals surface area contributed by atoms with E-state index in [0.717, 1.165) is 23.0 Å². The summed E-state index contributed by atoms with van der Waals surface area (Å²) in [6.07, 6.45) is 1.85. The second kappa shape index (κ2) is 9.55. The number of rotatable bonds is 6. The van der Waals surface area contributed by atoms with Crippen LogP contribution in [0, 0.1) is 13.8 Å². The maximum Gasteiger partial charge on any atom is 0.170 e. The molecule has 2 atom stereocenters. The van der Waals surface area contributed by atoms with Crippen molar-refractivity contribution in [3.8, 4) is 5.69 Å². The Morgan fingerprint density at radius 3 is 2.31 bits per heavy atom. The van der Waals surface area contributed by atoms with Crippen LogP contribution >= 0.6 is 12.2 Å². The van der Waals surface area contributed by atoms with Gasteiger partial charge in [-0.3, -0.25) is 4.98 Å². The van der Waals surface area contributed by atoms with Gasteiger partial charge in [-0.25, -0.2) is 0 Å². The Hall–Kier alpha value is -3.64. The molecule has 1 saturated heterocycles. The number of benzene rings is 2. The zero-order chi connectivity index (χ0) is 24.5. The molecule has 0 bridgehead atoms. The van der Waals surface area contributed by atoms with Gasteiger partial charge in [0.1, 0.15) is 0 Å². The minimum atomic E-state index is -0.0301. The molecule has 2 aromatic carbocycles. The summed E-state index contributed by atoms with van der Waals surface area (Å²) in [7, 11) is 4.13. The fourth-order valence-electron chi connectivity index (χ4n) is 5.08. The molecule has 1 aliphatic rings. The minimum Gasteiger partial charge on any atom is -0.378 e. The van der Waals surface area contributed by atoms with Gasteiger partial charge < -0.3 is 19.7 Å². The number of aromatic nitrogens is 2. The summed E-state index contributed by atoms with van der Waals surface area (Å²) >= 11 is 5.88. The van der Waals surface area contributed by atoms with Crippen molar-refractivity contribution < 1.29 is 0 Å². The van der Waals surface area contributed by atoms with E-state index in [1.165, 1.54) is 28.2 Å². The van der Waals surface area contributed by atoms with Gasteiger partial charge >= 0.3 is 0 Å². The average molecular weight is 482 g/mol. The van der Waals surface area contributed by atoms with Gasteiger partial charge in [0.05, 0.1) is 17.8 Å². The molecule has 5 nitrogen and oxygen atoms in total. The molecule has 3 heterocycles. The smallest absolute Gasteiger partial charge is 0.170 e. The van der Waals surface area contributed by atoms with Crippen molar-refractivity contribution in [3.63, 3.8) is 0 Å². The van der Waals surface area contributed by atoms with Crippen LogP contribution in [0.4, 0.5) is 5.69 Å². The number of hydrogen-bond donors (Lipinski definition) is 1. The van der Waals surface area contributed by atoms with Crippen LogP contribution in [-0.4, -0.2) is 33.7 Å². The topological polar surface area (TPSA) is 36.3 Å². The number of anilines is 1. The standard InChI is InChI=1S/C29H31N5S/c1-20-18-25(21(2)34(20)24-15-13-23(14-16-24)32(3)4)28-27(26-12-8-9-17-30-26)31-29(35)33(28)19-22-10-6-5-7-11-22/h5-18,27-28H,19H2,1-4H3,(H,31,35). The average Bonchev–Trinajstić information content (AvgIpc) is 3.35. The molecule has 0 radical (unpaired) electrons. The highest BCUT2D eigenvalue weighted by Crippen LogP contribution is 2.42. The predicted octanol–water partition coefficient (Wildman–Crippen LogP) is 5.73.